The van der Waals surface area contributed by atoms with E-state index in [1.54, 1.807) is 6.07 Å². The van der Waals surface area contributed by atoms with Gasteiger partial charge in [0.15, 0.2) is 11.5 Å². The largest absolute Gasteiger partial charge is 0.462 e. The van der Waals surface area contributed by atoms with Gasteiger partial charge < -0.3 is 19.9 Å². The van der Waals surface area contributed by atoms with Gasteiger partial charge in [-0.25, -0.2) is 4.79 Å². The summed E-state index contributed by atoms with van der Waals surface area (Å²) in [6.45, 7) is 1.23. The number of nitrogens with two attached hydrogens (primary N) is 1. The highest BCUT2D eigenvalue weighted by molar-refractivity contribution is 5.85. The van der Waals surface area contributed by atoms with Crippen LogP contribution in [0.1, 0.15) is 18.5 Å². The van der Waals surface area contributed by atoms with Crippen LogP contribution in [0.4, 0.5) is 8.78 Å². The molecule has 1 aliphatic rings. The van der Waals surface area contributed by atoms with Crippen molar-refractivity contribution in [2.24, 2.45) is 5.73 Å². The van der Waals surface area contributed by atoms with Gasteiger partial charge in [0.1, 0.15) is 6.04 Å². The normalized spacial score (nSPS) is 14.4. The van der Waals surface area contributed by atoms with Crippen LogP contribution in [0.5, 0.6) is 11.5 Å². The molecule has 1 aromatic carbocycles. The molecule has 0 unspecified atom stereocenters. The fourth-order valence-electron chi connectivity index (χ4n) is 1.75. The maximum Gasteiger partial charge on any atom is 0.379 e. The van der Waals surface area contributed by atoms with Crippen molar-refractivity contribution in [3.05, 3.63) is 23.8 Å². The summed E-state index contributed by atoms with van der Waals surface area (Å²) in [7, 11) is 0. The molecule has 0 fully saturated rings. The first-order valence-corrected chi connectivity index (χ1v) is 5.67. The third-order valence-electron chi connectivity index (χ3n) is 2.70. The van der Waals surface area contributed by atoms with Crippen LogP contribution in [0.2, 0.25) is 0 Å². The Morgan fingerprint density at radius 1 is 1.50 bits per heavy atom. The van der Waals surface area contributed by atoms with E-state index in [9.17, 15) is 13.6 Å². The van der Waals surface area contributed by atoms with Crippen molar-refractivity contribution in [1.29, 1.82) is 0 Å². The molecule has 0 aliphatic carbocycles. The Morgan fingerprint density at radius 3 is 2.85 bits per heavy atom. The molecular weight excluding hydrogens is 296 g/mol. The molecule has 0 spiro atoms. The number of hydrogen-bond donors (Lipinski definition) is 1. The van der Waals surface area contributed by atoms with E-state index < -0.39 is 17.9 Å². The summed E-state index contributed by atoms with van der Waals surface area (Å²) in [5.41, 5.74) is 5.50. The van der Waals surface area contributed by atoms with Crippen molar-refractivity contribution in [3.63, 3.8) is 0 Å². The smallest absolute Gasteiger partial charge is 0.379 e. The summed E-state index contributed by atoms with van der Waals surface area (Å²) in [6.07, 6.45) is 0. The summed E-state index contributed by atoms with van der Waals surface area (Å²) in [6, 6.07) is 2.58. The molecule has 0 radical (unpaired) electrons. The Balaban J connectivity index is 0.00000200. The van der Waals surface area contributed by atoms with Crippen LogP contribution in [0.3, 0.4) is 0 Å². The van der Waals surface area contributed by atoms with Crippen LogP contribution in [0, 0.1) is 0 Å². The van der Waals surface area contributed by atoms with E-state index in [2.05, 4.69) is 4.74 Å². The minimum atomic E-state index is -3.84. The fraction of sp³-hybridized carbons (Fsp3) is 0.417. The molecule has 5 nitrogen and oxygen atoms in total. The number of halogens is 3. The van der Waals surface area contributed by atoms with Crippen LogP contribution in [-0.4, -0.2) is 25.3 Å². The van der Waals surface area contributed by atoms with Gasteiger partial charge in [-0.1, -0.05) is 12.1 Å². The van der Waals surface area contributed by atoms with Crippen LogP contribution < -0.4 is 15.2 Å². The first-order chi connectivity index (χ1) is 8.98. The molecule has 1 heterocycles. The van der Waals surface area contributed by atoms with E-state index in [0.717, 1.165) is 0 Å². The molecule has 2 rings (SSSR count). The predicted molar refractivity (Wildman–Crippen MR) is 68.3 cm³/mol. The van der Waals surface area contributed by atoms with E-state index in [-0.39, 0.29) is 37.1 Å². The van der Waals surface area contributed by atoms with Gasteiger partial charge in [-0.2, -0.15) is 8.78 Å². The lowest BCUT2D eigenvalue weighted by molar-refractivity contribution is -0.174. The van der Waals surface area contributed by atoms with Gasteiger partial charge in [-0.05, 0) is 13.0 Å². The quantitative estimate of drug-likeness (QED) is 0.862. The van der Waals surface area contributed by atoms with Gasteiger partial charge in [0.25, 0.3) is 0 Å². The third kappa shape index (κ3) is 2.78. The number of fused-ring (bicyclic) bond motifs is 1. The summed E-state index contributed by atoms with van der Waals surface area (Å²) in [4.78, 5) is 11.3. The molecule has 1 aliphatic heterocycles. The highest BCUT2D eigenvalue weighted by Crippen LogP contribution is 2.42. The third-order valence-corrected chi connectivity index (χ3v) is 2.70. The molecule has 0 amide bonds. The number of para-hydroxylation sites is 1. The molecule has 0 aromatic heterocycles. The molecule has 8 heteroatoms. The Bertz CT molecular complexity index is 498. The molecule has 1 atom stereocenters. The Kier molecular flexibility index (Phi) is 5.13. The Morgan fingerprint density at radius 2 is 2.20 bits per heavy atom. The summed E-state index contributed by atoms with van der Waals surface area (Å²) in [5.74, 6) is -5.03. The highest BCUT2D eigenvalue weighted by atomic mass is 35.5. The van der Waals surface area contributed by atoms with Crippen molar-refractivity contribution < 1.29 is 27.8 Å². The number of rotatable bonds is 4. The number of hydrogen-bond acceptors (Lipinski definition) is 5. The summed E-state index contributed by atoms with van der Waals surface area (Å²) < 4.78 is 42.2. The Labute approximate surface area is 120 Å². The average Bonchev–Trinajstić information content (AvgIpc) is 2.86. The summed E-state index contributed by atoms with van der Waals surface area (Å²) >= 11 is 0. The van der Waals surface area contributed by atoms with E-state index in [1.807, 2.05) is 0 Å². The highest BCUT2D eigenvalue weighted by Gasteiger charge is 2.49. The molecule has 20 heavy (non-hydrogen) atoms. The van der Waals surface area contributed by atoms with Gasteiger partial charge in [0, 0.05) is 5.56 Å². The molecule has 2 N–H and O–H groups in total. The second-order valence-corrected chi connectivity index (χ2v) is 3.90. The van der Waals surface area contributed by atoms with Gasteiger partial charge in [-0.3, -0.25) is 0 Å². The SMILES string of the molecule is CCOC(=O)C(F)(F)[C@@H](N)c1cccc2c1OCO2.Cl. The van der Waals surface area contributed by atoms with Gasteiger partial charge in [0.05, 0.1) is 6.61 Å². The molecule has 0 bridgehead atoms. The van der Waals surface area contributed by atoms with Crippen molar-refractivity contribution in [2.75, 3.05) is 13.4 Å². The van der Waals surface area contributed by atoms with Crippen molar-refractivity contribution in [1.82, 2.24) is 0 Å². The zero-order valence-electron chi connectivity index (χ0n) is 10.6. The van der Waals surface area contributed by atoms with E-state index in [0.29, 0.717) is 5.75 Å². The maximum absolute atomic E-state index is 13.9. The van der Waals surface area contributed by atoms with Gasteiger partial charge in [0.2, 0.25) is 6.79 Å². The maximum atomic E-state index is 13.9. The zero-order chi connectivity index (χ0) is 14.0. The van der Waals surface area contributed by atoms with Crippen LogP contribution in [0.25, 0.3) is 0 Å². The second kappa shape index (κ2) is 6.23. The summed E-state index contributed by atoms with van der Waals surface area (Å²) in [5, 5.41) is 0. The molecular formula is C12H14ClF2NO4. The number of benzene rings is 1. The number of ether oxygens (including phenoxy) is 3. The molecule has 1 aromatic rings. The van der Waals surface area contributed by atoms with Crippen molar-refractivity contribution in [2.45, 2.75) is 18.9 Å². The minimum Gasteiger partial charge on any atom is -0.462 e. The average molecular weight is 310 g/mol. The van der Waals surface area contributed by atoms with Crippen molar-refractivity contribution in [3.8, 4) is 11.5 Å². The lowest BCUT2D eigenvalue weighted by atomic mass is 10.00. The first-order valence-electron chi connectivity index (χ1n) is 5.67. The van der Waals surface area contributed by atoms with Gasteiger partial charge >= 0.3 is 11.9 Å². The second-order valence-electron chi connectivity index (χ2n) is 3.90. The number of carbonyl (C=O) groups excluding carboxylic acids is 1. The Hall–Kier alpha value is -1.60. The van der Waals surface area contributed by atoms with E-state index in [1.165, 1.54) is 19.1 Å². The molecule has 0 saturated heterocycles. The van der Waals surface area contributed by atoms with Crippen LogP contribution >= 0.6 is 12.4 Å². The standard InChI is InChI=1S/C12H13F2NO4.ClH/c1-2-17-11(16)12(13,14)10(15)7-4-3-5-8-9(7)19-6-18-8;/h3-5,10H,2,6,15H2,1H3;1H/t10-;/m0./s1. The van der Waals surface area contributed by atoms with Crippen LogP contribution in [-0.2, 0) is 9.53 Å². The fourth-order valence-corrected chi connectivity index (χ4v) is 1.75. The lowest BCUT2D eigenvalue weighted by Crippen LogP contribution is -2.41. The van der Waals surface area contributed by atoms with Crippen molar-refractivity contribution >= 4 is 18.4 Å². The monoisotopic (exact) mass is 309 g/mol. The predicted octanol–water partition coefficient (Wildman–Crippen LogP) is 2.04. The minimum absolute atomic E-state index is 0. The van der Waals surface area contributed by atoms with Crippen LogP contribution in [0.15, 0.2) is 18.2 Å². The number of carbonyl (C=O) groups is 1. The van der Waals surface area contributed by atoms with E-state index >= 15 is 0 Å². The first kappa shape index (κ1) is 16.5. The molecule has 112 valence electrons. The van der Waals surface area contributed by atoms with E-state index in [4.69, 9.17) is 15.2 Å². The topological polar surface area (TPSA) is 70.8 Å². The lowest BCUT2D eigenvalue weighted by Gasteiger charge is -2.22. The number of alkyl halides is 2. The van der Waals surface area contributed by atoms with Gasteiger partial charge in [-0.15, -0.1) is 12.4 Å². The molecule has 0 saturated carbocycles. The number of esters is 1. The zero-order valence-corrected chi connectivity index (χ0v) is 11.4.